The molecule has 0 bridgehead atoms. The van der Waals surface area contributed by atoms with E-state index in [0.717, 1.165) is 36.5 Å². The van der Waals surface area contributed by atoms with Crippen molar-refractivity contribution in [1.29, 1.82) is 0 Å². The fourth-order valence-corrected chi connectivity index (χ4v) is 4.45. The van der Waals surface area contributed by atoms with Crippen LogP contribution in [0.25, 0.3) is 10.9 Å². The van der Waals surface area contributed by atoms with Crippen LogP contribution >= 0.6 is 11.8 Å². The molecule has 3 nitrogen and oxygen atoms in total. The van der Waals surface area contributed by atoms with E-state index < -0.39 is 0 Å². The van der Waals surface area contributed by atoms with Crippen molar-refractivity contribution in [2.24, 2.45) is 0 Å². The van der Waals surface area contributed by atoms with Gasteiger partial charge in [0.15, 0.2) is 0 Å². The summed E-state index contributed by atoms with van der Waals surface area (Å²) in [4.78, 5) is 11.5. The van der Waals surface area contributed by atoms with E-state index >= 15 is 0 Å². The van der Waals surface area contributed by atoms with Crippen LogP contribution in [-0.2, 0) is 17.9 Å². The highest BCUT2D eigenvalue weighted by molar-refractivity contribution is 7.98. The zero-order chi connectivity index (χ0) is 16.4. The lowest BCUT2D eigenvalue weighted by Crippen LogP contribution is -2.27. The van der Waals surface area contributed by atoms with Gasteiger partial charge in [0, 0.05) is 47.9 Å². The highest BCUT2D eigenvalue weighted by Crippen LogP contribution is 2.40. The van der Waals surface area contributed by atoms with E-state index in [1.54, 1.807) is 0 Å². The van der Waals surface area contributed by atoms with Crippen molar-refractivity contribution in [3.63, 3.8) is 0 Å². The Hall–Kier alpha value is -2.07. The Morgan fingerprint density at radius 1 is 1.08 bits per heavy atom. The van der Waals surface area contributed by atoms with Crippen molar-refractivity contribution in [2.75, 3.05) is 18.0 Å². The fraction of sp³-hybridized carbons (Fsp3) is 0.300. The number of para-hydroxylation sites is 1. The molecular weight excluding hydrogens is 314 g/mol. The molecule has 0 fully saturated rings. The number of likely N-dealkylation sites (N-methyl/N-ethyl adjacent to an activating group) is 1. The molecule has 3 aromatic rings. The number of thioether (sulfide) groups is 1. The van der Waals surface area contributed by atoms with Gasteiger partial charge in [-0.2, -0.15) is 11.8 Å². The summed E-state index contributed by atoms with van der Waals surface area (Å²) < 4.78 is 0. The molecule has 4 rings (SSSR count). The van der Waals surface area contributed by atoms with Crippen molar-refractivity contribution in [2.45, 2.75) is 24.9 Å². The molecule has 0 saturated carbocycles. The van der Waals surface area contributed by atoms with Gasteiger partial charge in [0.1, 0.15) is 0 Å². The molecular formula is C20H21N3S. The predicted octanol–water partition coefficient (Wildman–Crippen LogP) is 4.45. The van der Waals surface area contributed by atoms with Crippen LogP contribution in [0, 0.1) is 0 Å². The van der Waals surface area contributed by atoms with Crippen LogP contribution in [0.3, 0.4) is 0 Å². The molecule has 3 heterocycles. The summed E-state index contributed by atoms with van der Waals surface area (Å²) >= 11 is 1.97. The van der Waals surface area contributed by atoms with Crippen molar-refractivity contribution in [3.8, 4) is 0 Å². The number of anilines is 1. The summed E-state index contributed by atoms with van der Waals surface area (Å²) in [7, 11) is 0. The molecule has 0 unspecified atom stereocenters. The van der Waals surface area contributed by atoms with E-state index in [2.05, 4.69) is 53.2 Å². The first kappa shape index (κ1) is 15.5. The van der Waals surface area contributed by atoms with Gasteiger partial charge in [0.05, 0.1) is 16.9 Å². The molecule has 1 aromatic carbocycles. The lowest BCUT2D eigenvalue weighted by atomic mass is 10.1. The van der Waals surface area contributed by atoms with E-state index in [1.165, 1.54) is 27.9 Å². The maximum atomic E-state index is 4.90. The molecule has 0 aliphatic carbocycles. The second kappa shape index (κ2) is 6.81. The average Bonchev–Trinajstić information content (AvgIpc) is 3.10. The molecule has 0 saturated heterocycles. The summed E-state index contributed by atoms with van der Waals surface area (Å²) in [5.74, 6) is 2.11. The van der Waals surface area contributed by atoms with Crippen molar-refractivity contribution < 1.29 is 0 Å². The predicted molar refractivity (Wildman–Crippen MR) is 103 cm³/mol. The minimum Gasteiger partial charge on any atom is -0.371 e. The second-order valence-electron chi connectivity index (χ2n) is 6.08. The van der Waals surface area contributed by atoms with Gasteiger partial charge in [-0.25, -0.2) is 0 Å². The van der Waals surface area contributed by atoms with E-state index in [4.69, 9.17) is 4.98 Å². The standard InChI is InChI=1S/C20H21N3S/c1-2-23(12-9-15-7-10-21-11-8-15)20-16-5-3-4-6-18(16)22-19-14-24-13-17(19)20/h3-8,10-11H,2,9,12-14H2,1H3. The number of hydrogen-bond donors (Lipinski definition) is 0. The molecule has 2 aromatic heterocycles. The van der Waals surface area contributed by atoms with Gasteiger partial charge in [-0.15, -0.1) is 0 Å². The third-order valence-electron chi connectivity index (χ3n) is 4.65. The Bertz CT molecular complexity index is 848. The summed E-state index contributed by atoms with van der Waals surface area (Å²) in [6.07, 6.45) is 4.79. The minimum atomic E-state index is 1.01. The van der Waals surface area contributed by atoms with Crippen LogP contribution in [0.15, 0.2) is 48.8 Å². The Labute approximate surface area is 147 Å². The van der Waals surface area contributed by atoms with Crippen molar-refractivity contribution in [1.82, 2.24) is 9.97 Å². The molecule has 0 atom stereocenters. The monoisotopic (exact) mass is 335 g/mol. The number of nitrogens with zero attached hydrogens (tertiary/aromatic N) is 3. The van der Waals surface area contributed by atoms with Crippen LogP contribution in [0.4, 0.5) is 5.69 Å². The van der Waals surface area contributed by atoms with Gasteiger partial charge in [-0.3, -0.25) is 9.97 Å². The number of rotatable bonds is 5. The quantitative estimate of drug-likeness (QED) is 0.689. The highest BCUT2D eigenvalue weighted by Gasteiger charge is 2.22. The summed E-state index contributed by atoms with van der Waals surface area (Å²) in [6, 6.07) is 12.8. The molecule has 1 aliphatic heterocycles. The third-order valence-corrected chi connectivity index (χ3v) is 5.62. The summed E-state index contributed by atoms with van der Waals surface area (Å²) in [5.41, 5.74) is 6.58. The van der Waals surface area contributed by atoms with Gasteiger partial charge in [0.2, 0.25) is 0 Å². The van der Waals surface area contributed by atoms with Crippen LogP contribution in [0.5, 0.6) is 0 Å². The zero-order valence-corrected chi connectivity index (χ0v) is 14.7. The molecule has 24 heavy (non-hydrogen) atoms. The van der Waals surface area contributed by atoms with Gasteiger partial charge in [0.25, 0.3) is 0 Å². The summed E-state index contributed by atoms with van der Waals surface area (Å²) in [5, 5.41) is 1.29. The number of fused-ring (bicyclic) bond motifs is 2. The van der Waals surface area contributed by atoms with Gasteiger partial charge >= 0.3 is 0 Å². The first-order valence-corrected chi connectivity index (χ1v) is 9.64. The largest absolute Gasteiger partial charge is 0.371 e. The van der Waals surface area contributed by atoms with Crippen molar-refractivity contribution in [3.05, 3.63) is 65.6 Å². The van der Waals surface area contributed by atoms with E-state index in [-0.39, 0.29) is 0 Å². The average molecular weight is 335 g/mol. The van der Waals surface area contributed by atoms with Crippen LogP contribution in [0.1, 0.15) is 23.7 Å². The van der Waals surface area contributed by atoms with Gasteiger partial charge in [-0.1, -0.05) is 18.2 Å². The molecule has 0 amide bonds. The fourth-order valence-electron chi connectivity index (χ4n) is 3.41. The Morgan fingerprint density at radius 2 is 1.92 bits per heavy atom. The van der Waals surface area contributed by atoms with E-state index in [0.29, 0.717) is 0 Å². The maximum Gasteiger partial charge on any atom is 0.0726 e. The van der Waals surface area contributed by atoms with Crippen LogP contribution < -0.4 is 4.90 Å². The first-order valence-electron chi connectivity index (χ1n) is 8.49. The van der Waals surface area contributed by atoms with Gasteiger partial charge in [-0.05, 0) is 37.1 Å². The molecule has 4 heteroatoms. The van der Waals surface area contributed by atoms with Crippen LogP contribution in [-0.4, -0.2) is 23.1 Å². The molecule has 0 spiro atoms. The number of hydrogen-bond acceptors (Lipinski definition) is 4. The topological polar surface area (TPSA) is 29.0 Å². The Kier molecular flexibility index (Phi) is 4.39. The van der Waals surface area contributed by atoms with E-state index in [9.17, 15) is 0 Å². The highest BCUT2D eigenvalue weighted by atomic mass is 32.2. The summed E-state index contributed by atoms with van der Waals surface area (Å²) in [6.45, 7) is 4.28. The number of aromatic nitrogens is 2. The Balaban J connectivity index is 1.73. The molecule has 122 valence electrons. The molecule has 0 N–H and O–H groups in total. The number of pyridine rings is 2. The maximum absolute atomic E-state index is 4.90. The van der Waals surface area contributed by atoms with Crippen LogP contribution in [0.2, 0.25) is 0 Å². The normalized spacial score (nSPS) is 13.2. The number of benzene rings is 1. The Morgan fingerprint density at radius 3 is 2.75 bits per heavy atom. The SMILES string of the molecule is CCN(CCc1ccncc1)c1c2c(nc3ccccc13)CSC2. The molecule has 0 radical (unpaired) electrons. The lowest BCUT2D eigenvalue weighted by molar-refractivity contribution is 0.806. The smallest absolute Gasteiger partial charge is 0.0726 e. The zero-order valence-electron chi connectivity index (χ0n) is 13.9. The lowest BCUT2D eigenvalue weighted by Gasteiger charge is -2.27. The van der Waals surface area contributed by atoms with Gasteiger partial charge < -0.3 is 4.90 Å². The second-order valence-corrected chi connectivity index (χ2v) is 7.07. The molecule has 1 aliphatic rings. The minimum absolute atomic E-state index is 1.01. The van der Waals surface area contributed by atoms with Crippen molar-refractivity contribution >= 4 is 28.4 Å². The third kappa shape index (κ3) is 2.86. The first-order chi connectivity index (χ1) is 11.9. The van der Waals surface area contributed by atoms with E-state index in [1.807, 2.05) is 24.2 Å².